The highest BCUT2D eigenvalue weighted by Gasteiger charge is 2.21. The van der Waals surface area contributed by atoms with Gasteiger partial charge in [0, 0.05) is 43.4 Å². The summed E-state index contributed by atoms with van der Waals surface area (Å²) in [5.74, 6) is 0.812. The van der Waals surface area contributed by atoms with Crippen molar-refractivity contribution in [3.05, 3.63) is 58.6 Å². The van der Waals surface area contributed by atoms with Crippen molar-refractivity contribution in [3.63, 3.8) is 0 Å². The Morgan fingerprint density at radius 2 is 1.81 bits per heavy atom. The summed E-state index contributed by atoms with van der Waals surface area (Å²) in [6.45, 7) is 5.50. The SMILES string of the molecule is COc1ccc(CNC(=O)N2CCN(c3ccc(C)c(Cl)c3)CC2)cc1. The van der Waals surface area contributed by atoms with E-state index in [1.807, 2.05) is 48.2 Å². The highest BCUT2D eigenvalue weighted by Crippen LogP contribution is 2.24. The molecule has 1 fully saturated rings. The van der Waals surface area contributed by atoms with E-state index in [-0.39, 0.29) is 6.03 Å². The average Bonchev–Trinajstić information content (AvgIpc) is 2.69. The van der Waals surface area contributed by atoms with E-state index in [2.05, 4.69) is 16.3 Å². The first-order valence-electron chi connectivity index (χ1n) is 8.73. The number of hydrogen-bond donors (Lipinski definition) is 1. The van der Waals surface area contributed by atoms with Crippen molar-refractivity contribution in [1.29, 1.82) is 0 Å². The van der Waals surface area contributed by atoms with Crippen molar-refractivity contribution in [2.24, 2.45) is 0 Å². The fraction of sp³-hybridized carbons (Fsp3) is 0.350. The second kappa shape index (κ2) is 8.32. The van der Waals surface area contributed by atoms with E-state index < -0.39 is 0 Å². The molecule has 26 heavy (non-hydrogen) atoms. The van der Waals surface area contributed by atoms with Crippen molar-refractivity contribution in [2.75, 3.05) is 38.2 Å². The van der Waals surface area contributed by atoms with Gasteiger partial charge in [0.25, 0.3) is 0 Å². The van der Waals surface area contributed by atoms with Crippen molar-refractivity contribution >= 4 is 23.3 Å². The molecule has 1 heterocycles. The minimum atomic E-state index is -0.0255. The fourth-order valence-corrected chi connectivity index (χ4v) is 3.15. The lowest BCUT2D eigenvalue weighted by Gasteiger charge is -2.36. The molecular formula is C20H24ClN3O2. The molecule has 0 bridgehead atoms. The smallest absolute Gasteiger partial charge is 0.317 e. The molecule has 2 amide bonds. The highest BCUT2D eigenvalue weighted by molar-refractivity contribution is 6.31. The number of piperazine rings is 1. The molecule has 3 rings (SSSR count). The number of amides is 2. The predicted molar refractivity (Wildman–Crippen MR) is 105 cm³/mol. The molecule has 2 aromatic rings. The number of benzene rings is 2. The Labute approximate surface area is 159 Å². The number of anilines is 1. The molecule has 1 aliphatic rings. The van der Waals surface area contributed by atoms with Crippen LogP contribution in [0.4, 0.5) is 10.5 Å². The number of aryl methyl sites for hydroxylation is 1. The molecule has 1 saturated heterocycles. The Balaban J connectivity index is 1.49. The second-order valence-corrected chi connectivity index (χ2v) is 6.82. The Morgan fingerprint density at radius 3 is 2.42 bits per heavy atom. The van der Waals surface area contributed by atoms with Gasteiger partial charge in [0.2, 0.25) is 0 Å². The minimum Gasteiger partial charge on any atom is -0.497 e. The summed E-state index contributed by atoms with van der Waals surface area (Å²) in [4.78, 5) is 16.5. The quantitative estimate of drug-likeness (QED) is 0.889. The summed E-state index contributed by atoms with van der Waals surface area (Å²) < 4.78 is 5.14. The van der Waals surface area contributed by atoms with Gasteiger partial charge in [0.15, 0.2) is 0 Å². The van der Waals surface area contributed by atoms with Gasteiger partial charge in [0.05, 0.1) is 7.11 Å². The zero-order valence-corrected chi connectivity index (χ0v) is 15.9. The monoisotopic (exact) mass is 373 g/mol. The number of hydrogen-bond acceptors (Lipinski definition) is 3. The molecule has 0 atom stereocenters. The topological polar surface area (TPSA) is 44.8 Å². The first-order valence-corrected chi connectivity index (χ1v) is 9.11. The number of rotatable bonds is 4. The summed E-state index contributed by atoms with van der Waals surface area (Å²) in [7, 11) is 1.64. The standard InChI is InChI=1S/C20H24ClN3O2/c1-15-3-6-17(13-19(15)21)23-9-11-24(12-10-23)20(25)22-14-16-4-7-18(26-2)8-5-16/h3-8,13H,9-12,14H2,1-2H3,(H,22,25). The lowest BCUT2D eigenvalue weighted by atomic mass is 10.2. The van der Waals surface area contributed by atoms with Gasteiger partial charge in [-0.15, -0.1) is 0 Å². The lowest BCUT2D eigenvalue weighted by molar-refractivity contribution is 0.194. The molecule has 0 aliphatic carbocycles. The molecule has 0 radical (unpaired) electrons. The summed E-state index contributed by atoms with van der Waals surface area (Å²) in [6, 6.07) is 13.8. The van der Waals surface area contributed by atoms with Crippen LogP contribution < -0.4 is 15.0 Å². The van der Waals surface area contributed by atoms with Crippen LogP contribution in [0.3, 0.4) is 0 Å². The van der Waals surface area contributed by atoms with E-state index in [4.69, 9.17) is 16.3 Å². The maximum atomic E-state index is 12.4. The van der Waals surface area contributed by atoms with Crippen LogP contribution >= 0.6 is 11.6 Å². The molecule has 6 heteroatoms. The molecule has 0 spiro atoms. The van der Waals surface area contributed by atoms with Gasteiger partial charge < -0.3 is 19.9 Å². The number of urea groups is 1. The molecular weight excluding hydrogens is 350 g/mol. The number of nitrogens with one attached hydrogen (secondary N) is 1. The predicted octanol–water partition coefficient (Wildman–Crippen LogP) is 3.69. The zero-order valence-electron chi connectivity index (χ0n) is 15.2. The number of halogens is 1. The van der Waals surface area contributed by atoms with Crippen LogP contribution in [0.25, 0.3) is 0 Å². The molecule has 5 nitrogen and oxygen atoms in total. The lowest BCUT2D eigenvalue weighted by Crippen LogP contribution is -2.51. The molecule has 138 valence electrons. The van der Waals surface area contributed by atoms with Crippen LogP contribution in [-0.2, 0) is 6.54 Å². The molecule has 0 saturated carbocycles. The van der Waals surface area contributed by atoms with E-state index in [9.17, 15) is 4.79 Å². The molecule has 1 N–H and O–H groups in total. The number of carbonyl (C=O) groups excluding carboxylic acids is 1. The van der Waals surface area contributed by atoms with Crippen LogP contribution in [0.15, 0.2) is 42.5 Å². The Bertz CT molecular complexity index is 756. The normalized spacial score (nSPS) is 14.3. The fourth-order valence-electron chi connectivity index (χ4n) is 2.98. The van der Waals surface area contributed by atoms with Gasteiger partial charge in [-0.2, -0.15) is 0 Å². The van der Waals surface area contributed by atoms with Crippen LogP contribution in [-0.4, -0.2) is 44.2 Å². The van der Waals surface area contributed by atoms with Gasteiger partial charge in [-0.1, -0.05) is 29.8 Å². The molecule has 0 aromatic heterocycles. The van der Waals surface area contributed by atoms with E-state index in [1.165, 1.54) is 0 Å². The van der Waals surface area contributed by atoms with Crippen LogP contribution in [0.1, 0.15) is 11.1 Å². The first-order chi connectivity index (χ1) is 12.6. The summed E-state index contributed by atoms with van der Waals surface area (Å²) in [5, 5.41) is 3.76. The maximum absolute atomic E-state index is 12.4. The Morgan fingerprint density at radius 1 is 1.12 bits per heavy atom. The zero-order chi connectivity index (χ0) is 18.5. The Hall–Kier alpha value is -2.40. The van der Waals surface area contributed by atoms with Crippen LogP contribution in [0, 0.1) is 6.92 Å². The van der Waals surface area contributed by atoms with Gasteiger partial charge >= 0.3 is 6.03 Å². The van der Waals surface area contributed by atoms with Gasteiger partial charge in [0.1, 0.15) is 5.75 Å². The van der Waals surface area contributed by atoms with Gasteiger partial charge in [-0.25, -0.2) is 4.79 Å². The van der Waals surface area contributed by atoms with Crippen LogP contribution in [0.2, 0.25) is 5.02 Å². The number of ether oxygens (including phenoxy) is 1. The largest absolute Gasteiger partial charge is 0.497 e. The van der Waals surface area contributed by atoms with Gasteiger partial charge in [-0.3, -0.25) is 0 Å². The third-order valence-electron chi connectivity index (χ3n) is 4.69. The second-order valence-electron chi connectivity index (χ2n) is 6.41. The number of carbonyl (C=O) groups is 1. The first kappa shape index (κ1) is 18.4. The number of nitrogens with zero attached hydrogens (tertiary/aromatic N) is 2. The summed E-state index contributed by atoms with van der Waals surface area (Å²) in [6.07, 6.45) is 0. The molecule has 0 unspecified atom stereocenters. The van der Waals surface area contributed by atoms with E-state index in [1.54, 1.807) is 7.11 Å². The minimum absolute atomic E-state index is 0.0255. The molecule has 1 aliphatic heterocycles. The van der Waals surface area contributed by atoms with Crippen LogP contribution in [0.5, 0.6) is 5.75 Å². The summed E-state index contributed by atoms with van der Waals surface area (Å²) >= 11 is 6.22. The van der Waals surface area contributed by atoms with Crippen molar-refractivity contribution in [3.8, 4) is 5.75 Å². The maximum Gasteiger partial charge on any atom is 0.317 e. The number of methoxy groups -OCH3 is 1. The Kier molecular flexibility index (Phi) is 5.89. The van der Waals surface area contributed by atoms with Crippen molar-refractivity contribution in [2.45, 2.75) is 13.5 Å². The average molecular weight is 374 g/mol. The third-order valence-corrected chi connectivity index (χ3v) is 5.10. The third kappa shape index (κ3) is 4.41. The van der Waals surface area contributed by atoms with Gasteiger partial charge in [-0.05, 0) is 42.3 Å². The summed E-state index contributed by atoms with van der Waals surface area (Å²) in [5.41, 5.74) is 3.23. The van der Waals surface area contributed by atoms with Crippen molar-refractivity contribution in [1.82, 2.24) is 10.2 Å². The van der Waals surface area contributed by atoms with E-state index in [0.717, 1.165) is 40.7 Å². The highest BCUT2D eigenvalue weighted by atomic mass is 35.5. The van der Waals surface area contributed by atoms with Crippen molar-refractivity contribution < 1.29 is 9.53 Å². The van der Waals surface area contributed by atoms with E-state index >= 15 is 0 Å². The van der Waals surface area contributed by atoms with E-state index in [0.29, 0.717) is 19.6 Å². The molecule has 2 aromatic carbocycles.